The molecule has 2 aromatic rings. The Labute approximate surface area is 146 Å². The number of pyridine rings is 1. The lowest BCUT2D eigenvalue weighted by molar-refractivity contribution is 0.288. The summed E-state index contributed by atoms with van der Waals surface area (Å²) in [4.78, 5) is 6.86. The van der Waals surface area contributed by atoms with E-state index in [1.165, 1.54) is 18.9 Å². The molecule has 0 saturated carbocycles. The standard InChI is InChI=1S/C19H19FN4O/c20-17-8-13(9-21)4-5-14(17)12-25-19-3-1-2-18(23-19)24-10-15-6-7-16(11-24)22-15/h1-5,8,15-16,22H,6-7,10-12H2. The van der Waals surface area contributed by atoms with E-state index >= 15 is 0 Å². The van der Waals surface area contributed by atoms with Gasteiger partial charge in [-0.1, -0.05) is 12.1 Å². The predicted octanol–water partition coefficient (Wildman–Crippen LogP) is 2.61. The summed E-state index contributed by atoms with van der Waals surface area (Å²) in [7, 11) is 0. The Morgan fingerprint density at radius 3 is 2.76 bits per heavy atom. The first kappa shape index (κ1) is 15.9. The second-order valence-corrected chi connectivity index (χ2v) is 6.58. The van der Waals surface area contributed by atoms with E-state index in [1.807, 2.05) is 18.2 Å². The molecule has 1 aromatic heterocycles. The number of halogens is 1. The van der Waals surface area contributed by atoms with Crippen LogP contribution in [0.2, 0.25) is 0 Å². The fraction of sp³-hybridized carbons (Fsp3) is 0.368. The molecule has 2 aliphatic rings. The lowest BCUT2D eigenvalue weighted by atomic mass is 10.1. The summed E-state index contributed by atoms with van der Waals surface area (Å²) in [5, 5.41) is 12.4. The number of anilines is 1. The summed E-state index contributed by atoms with van der Waals surface area (Å²) in [6.07, 6.45) is 2.44. The van der Waals surface area contributed by atoms with Gasteiger partial charge in [0, 0.05) is 36.8 Å². The first-order valence-corrected chi connectivity index (χ1v) is 8.50. The summed E-state index contributed by atoms with van der Waals surface area (Å²) in [6.45, 7) is 2.00. The van der Waals surface area contributed by atoms with Crippen LogP contribution in [-0.4, -0.2) is 30.2 Å². The van der Waals surface area contributed by atoms with Gasteiger partial charge in [0.15, 0.2) is 0 Å². The van der Waals surface area contributed by atoms with E-state index in [9.17, 15) is 4.39 Å². The van der Waals surface area contributed by atoms with Gasteiger partial charge in [0.05, 0.1) is 11.6 Å². The second-order valence-electron chi connectivity index (χ2n) is 6.58. The number of nitrogens with one attached hydrogen (secondary N) is 1. The largest absolute Gasteiger partial charge is 0.473 e. The fourth-order valence-corrected chi connectivity index (χ4v) is 3.53. The first-order valence-electron chi connectivity index (χ1n) is 8.50. The molecular formula is C19H19FN4O. The molecule has 2 bridgehead atoms. The number of ether oxygens (including phenoxy) is 1. The van der Waals surface area contributed by atoms with Crippen LogP contribution in [0.25, 0.3) is 0 Å². The Morgan fingerprint density at radius 2 is 2.04 bits per heavy atom. The number of fused-ring (bicyclic) bond motifs is 2. The van der Waals surface area contributed by atoms with Crippen molar-refractivity contribution >= 4 is 5.82 Å². The number of piperazine rings is 1. The van der Waals surface area contributed by atoms with E-state index in [1.54, 1.807) is 18.2 Å². The highest BCUT2D eigenvalue weighted by Gasteiger charge is 2.32. The summed E-state index contributed by atoms with van der Waals surface area (Å²) in [5.74, 6) is 0.942. The molecular weight excluding hydrogens is 319 g/mol. The average molecular weight is 338 g/mol. The molecule has 0 amide bonds. The first-order chi connectivity index (χ1) is 12.2. The van der Waals surface area contributed by atoms with Crippen molar-refractivity contribution in [2.75, 3.05) is 18.0 Å². The van der Waals surface area contributed by atoms with Gasteiger partial charge in [-0.05, 0) is 31.0 Å². The SMILES string of the molecule is N#Cc1ccc(COc2cccc(N3CC4CCC(C3)N4)n2)c(F)c1. The Bertz CT molecular complexity index is 807. The van der Waals surface area contributed by atoms with E-state index in [0.717, 1.165) is 18.9 Å². The van der Waals surface area contributed by atoms with Crippen molar-refractivity contribution < 1.29 is 9.13 Å². The van der Waals surface area contributed by atoms with Gasteiger partial charge >= 0.3 is 0 Å². The van der Waals surface area contributed by atoms with Crippen LogP contribution in [0.4, 0.5) is 10.2 Å². The topological polar surface area (TPSA) is 61.2 Å². The Hall–Kier alpha value is -2.65. The van der Waals surface area contributed by atoms with Crippen molar-refractivity contribution in [3.05, 3.63) is 53.3 Å². The number of rotatable bonds is 4. The third-order valence-electron chi connectivity index (χ3n) is 4.81. The fourth-order valence-electron chi connectivity index (χ4n) is 3.53. The number of nitriles is 1. The van der Waals surface area contributed by atoms with Gasteiger partial charge in [0.1, 0.15) is 18.2 Å². The zero-order chi connectivity index (χ0) is 17.2. The maximum absolute atomic E-state index is 13.9. The van der Waals surface area contributed by atoms with Crippen molar-refractivity contribution in [1.29, 1.82) is 5.26 Å². The summed E-state index contributed by atoms with van der Waals surface area (Å²) < 4.78 is 19.6. The van der Waals surface area contributed by atoms with E-state index in [4.69, 9.17) is 10.00 Å². The number of nitrogens with zero attached hydrogens (tertiary/aromatic N) is 3. The molecule has 2 atom stereocenters. The highest BCUT2D eigenvalue weighted by molar-refractivity contribution is 5.42. The molecule has 2 fully saturated rings. The van der Waals surface area contributed by atoms with Gasteiger partial charge in [-0.2, -0.15) is 10.2 Å². The van der Waals surface area contributed by atoms with Crippen LogP contribution < -0.4 is 15.0 Å². The molecule has 0 radical (unpaired) electrons. The summed E-state index contributed by atoms with van der Waals surface area (Å²) in [5.41, 5.74) is 0.709. The molecule has 3 heterocycles. The maximum atomic E-state index is 13.9. The molecule has 2 saturated heterocycles. The maximum Gasteiger partial charge on any atom is 0.215 e. The summed E-state index contributed by atoms with van der Waals surface area (Å²) in [6, 6.07) is 13.1. The normalized spacial score (nSPS) is 21.8. The van der Waals surface area contributed by atoms with E-state index < -0.39 is 5.82 Å². The molecule has 2 unspecified atom stereocenters. The molecule has 128 valence electrons. The number of benzene rings is 1. The molecule has 0 spiro atoms. The van der Waals surface area contributed by atoms with E-state index in [-0.39, 0.29) is 6.61 Å². The molecule has 0 aliphatic carbocycles. The minimum atomic E-state index is -0.436. The third-order valence-corrected chi connectivity index (χ3v) is 4.81. The van der Waals surface area contributed by atoms with Crippen LogP contribution >= 0.6 is 0 Å². The number of hydrogen-bond acceptors (Lipinski definition) is 5. The third kappa shape index (κ3) is 3.42. The molecule has 1 N–H and O–H groups in total. The monoisotopic (exact) mass is 338 g/mol. The van der Waals surface area contributed by atoms with Crippen LogP contribution in [0.15, 0.2) is 36.4 Å². The smallest absolute Gasteiger partial charge is 0.215 e. The molecule has 25 heavy (non-hydrogen) atoms. The minimum absolute atomic E-state index is 0.0841. The van der Waals surface area contributed by atoms with Crippen LogP contribution in [0, 0.1) is 17.1 Å². The minimum Gasteiger partial charge on any atom is -0.473 e. The Kier molecular flexibility index (Phi) is 4.24. The summed E-state index contributed by atoms with van der Waals surface area (Å²) >= 11 is 0. The molecule has 2 aliphatic heterocycles. The van der Waals surface area contributed by atoms with Crippen molar-refractivity contribution in [2.45, 2.75) is 31.5 Å². The lowest BCUT2D eigenvalue weighted by Crippen LogP contribution is -2.51. The quantitative estimate of drug-likeness (QED) is 0.928. The second kappa shape index (κ2) is 6.69. The highest BCUT2D eigenvalue weighted by Crippen LogP contribution is 2.25. The van der Waals surface area contributed by atoms with Gasteiger partial charge in [-0.15, -0.1) is 0 Å². The zero-order valence-electron chi connectivity index (χ0n) is 13.8. The van der Waals surface area contributed by atoms with Crippen molar-refractivity contribution in [3.8, 4) is 11.9 Å². The number of hydrogen-bond donors (Lipinski definition) is 1. The molecule has 5 nitrogen and oxygen atoms in total. The van der Waals surface area contributed by atoms with Gasteiger partial charge < -0.3 is 15.0 Å². The van der Waals surface area contributed by atoms with Crippen LogP contribution in [0.3, 0.4) is 0 Å². The van der Waals surface area contributed by atoms with Crippen LogP contribution in [0.1, 0.15) is 24.0 Å². The average Bonchev–Trinajstić information content (AvgIpc) is 2.98. The van der Waals surface area contributed by atoms with Crippen LogP contribution in [-0.2, 0) is 6.61 Å². The van der Waals surface area contributed by atoms with E-state index in [0.29, 0.717) is 29.1 Å². The predicted molar refractivity (Wildman–Crippen MR) is 91.8 cm³/mol. The van der Waals surface area contributed by atoms with Gasteiger partial charge in [0.2, 0.25) is 5.88 Å². The van der Waals surface area contributed by atoms with E-state index in [2.05, 4.69) is 15.2 Å². The Balaban J connectivity index is 1.44. The lowest BCUT2D eigenvalue weighted by Gasteiger charge is -2.33. The van der Waals surface area contributed by atoms with Crippen molar-refractivity contribution in [1.82, 2.24) is 10.3 Å². The van der Waals surface area contributed by atoms with Crippen molar-refractivity contribution in [3.63, 3.8) is 0 Å². The zero-order valence-corrected chi connectivity index (χ0v) is 13.8. The van der Waals surface area contributed by atoms with Gasteiger partial charge in [-0.3, -0.25) is 0 Å². The van der Waals surface area contributed by atoms with Gasteiger partial charge in [0.25, 0.3) is 0 Å². The highest BCUT2D eigenvalue weighted by atomic mass is 19.1. The van der Waals surface area contributed by atoms with Crippen molar-refractivity contribution in [2.24, 2.45) is 0 Å². The molecule has 6 heteroatoms. The number of aromatic nitrogens is 1. The van der Waals surface area contributed by atoms with Gasteiger partial charge in [-0.25, -0.2) is 4.39 Å². The molecule has 1 aromatic carbocycles. The Morgan fingerprint density at radius 1 is 1.24 bits per heavy atom. The molecule has 4 rings (SSSR count). The van der Waals surface area contributed by atoms with Crippen LogP contribution in [0.5, 0.6) is 5.88 Å².